The number of imidazole rings is 1. The van der Waals surface area contributed by atoms with Crippen molar-refractivity contribution in [1.82, 2.24) is 9.55 Å². The van der Waals surface area contributed by atoms with Crippen LogP contribution in [0.2, 0.25) is 0 Å². The van der Waals surface area contributed by atoms with E-state index in [9.17, 15) is 5.26 Å². The van der Waals surface area contributed by atoms with E-state index in [2.05, 4.69) is 152 Å². The van der Waals surface area contributed by atoms with Crippen molar-refractivity contribution in [2.75, 3.05) is 0 Å². The number of nitriles is 1. The molecule has 7 aromatic carbocycles. The smallest absolute Gasteiger partial charge is 0.114 e. The van der Waals surface area contributed by atoms with Gasteiger partial charge in [-0.25, -0.2) is 4.98 Å². The molecule has 0 saturated carbocycles. The van der Waals surface area contributed by atoms with Gasteiger partial charge in [0, 0.05) is 32.3 Å². The van der Waals surface area contributed by atoms with Crippen LogP contribution in [0.15, 0.2) is 140 Å². The summed E-state index contributed by atoms with van der Waals surface area (Å²) in [5, 5.41) is 12.2. The van der Waals surface area contributed by atoms with Crippen LogP contribution >= 0.6 is 11.3 Å². The molecule has 2 aliphatic rings. The van der Waals surface area contributed by atoms with E-state index in [1.54, 1.807) is 0 Å². The van der Waals surface area contributed by atoms with Crippen LogP contribution in [-0.4, -0.2) is 9.55 Å². The maximum absolute atomic E-state index is 9.54. The molecule has 244 valence electrons. The largest absolute Gasteiger partial charge is 0.296 e. The normalized spacial score (nSPS) is 15.2. The van der Waals surface area contributed by atoms with Gasteiger partial charge in [-0.3, -0.25) is 4.57 Å². The highest BCUT2D eigenvalue weighted by molar-refractivity contribution is 7.26. The van der Waals surface area contributed by atoms with Crippen LogP contribution in [0.1, 0.15) is 46.1 Å². The molecule has 0 fully saturated rings. The van der Waals surface area contributed by atoms with E-state index in [1.165, 1.54) is 75.8 Å². The third kappa shape index (κ3) is 3.71. The van der Waals surface area contributed by atoms with Gasteiger partial charge in [0.2, 0.25) is 0 Å². The third-order valence-corrected chi connectivity index (χ3v) is 12.5. The molecule has 0 saturated heterocycles. The Morgan fingerprint density at radius 1 is 0.654 bits per heavy atom. The van der Waals surface area contributed by atoms with Crippen LogP contribution in [0.5, 0.6) is 0 Å². The summed E-state index contributed by atoms with van der Waals surface area (Å²) in [6.07, 6.45) is 0.849. The van der Waals surface area contributed by atoms with Gasteiger partial charge in [-0.2, -0.15) is 5.26 Å². The van der Waals surface area contributed by atoms with Gasteiger partial charge in [-0.15, -0.1) is 11.3 Å². The van der Waals surface area contributed by atoms with E-state index >= 15 is 0 Å². The lowest BCUT2D eigenvalue weighted by Crippen LogP contribution is -2.25. The minimum absolute atomic E-state index is 0.456. The topological polar surface area (TPSA) is 41.6 Å². The first-order chi connectivity index (χ1) is 25.6. The minimum Gasteiger partial charge on any atom is -0.296 e. The first-order valence-corrected chi connectivity index (χ1v) is 18.7. The molecule has 0 bridgehead atoms. The Balaban J connectivity index is 1.24. The SMILES string of the molecule is CCc1nc2ccccc2n1-c1ccc2c(c1)-c1ccccc1C21c2ccccc2-c2c1ccc1sc3cc(C)cc(-c4ccc(C#N)cc4)c3c21. The monoisotopic (exact) mass is 681 g/mol. The predicted octanol–water partition coefficient (Wildman–Crippen LogP) is 12.1. The number of nitrogens with zero attached hydrogens (tertiary/aromatic N) is 3. The summed E-state index contributed by atoms with van der Waals surface area (Å²) in [7, 11) is 0. The second-order valence-corrected chi connectivity index (χ2v) is 15.2. The Morgan fingerprint density at radius 2 is 1.37 bits per heavy atom. The number of thiophene rings is 1. The Kier molecular flexibility index (Phi) is 6.01. The van der Waals surface area contributed by atoms with E-state index in [0.717, 1.165) is 34.5 Å². The van der Waals surface area contributed by atoms with Crippen molar-refractivity contribution in [3.05, 3.63) is 179 Å². The zero-order chi connectivity index (χ0) is 34.7. The van der Waals surface area contributed by atoms with E-state index in [-0.39, 0.29) is 0 Å². The molecule has 2 aromatic heterocycles. The first kappa shape index (κ1) is 29.5. The number of hydrogen-bond acceptors (Lipinski definition) is 3. The van der Waals surface area contributed by atoms with Gasteiger partial charge >= 0.3 is 0 Å². The van der Waals surface area contributed by atoms with Crippen LogP contribution in [-0.2, 0) is 11.8 Å². The van der Waals surface area contributed by atoms with Crippen LogP contribution in [0.25, 0.3) is 70.3 Å². The summed E-state index contributed by atoms with van der Waals surface area (Å²) in [6.45, 7) is 4.37. The fourth-order valence-electron chi connectivity index (χ4n) is 9.44. The van der Waals surface area contributed by atoms with Crippen molar-refractivity contribution in [3.63, 3.8) is 0 Å². The van der Waals surface area contributed by atoms with Crippen LogP contribution in [0, 0.1) is 18.3 Å². The molecule has 52 heavy (non-hydrogen) atoms. The Labute approximate surface area is 305 Å². The van der Waals surface area contributed by atoms with E-state index < -0.39 is 5.41 Å². The molecule has 4 heteroatoms. The Bertz CT molecular complexity index is 3030. The summed E-state index contributed by atoms with van der Waals surface area (Å²) < 4.78 is 4.92. The van der Waals surface area contributed by atoms with E-state index in [0.29, 0.717) is 5.56 Å². The van der Waals surface area contributed by atoms with E-state index in [1.807, 2.05) is 23.5 Å². The highest BCUT2D eigenvalue weighted by Gasteiger charge is 2.52. The van der Waals surface area contributed by atoms with Gasteiger partial charge in [0.15, 0.2) is 0 Å². The predicted molar refractivity (Wildman–Crippen MR) is 215 cm³/mol. The summed E-state index contributed by atoms with van der Waals surface area (Å²) in [4.78, 5) is 5.02. The maximum atomic E-state index is 9.54. The molecule has 1 unspecified atom stereocenters. The van der Waals surface area contributed by atoms with Gasteiger partial charge in [-0.1, -0.05) is 97.9 Å². The molecule has 0 radical (unpaired) electrons. The Hall–Kier alpha value is -6.28. The van der Waals surface area contributed by atoms with Gasteiger partial charge in [0.25, 0.3) is 0 Å². The standard InChI is InChI=1S/C48H31N3S/c1-3-44-50-40-14-8-9-15-41(40)51(44)31-20-21-38-35(26-31)32-10-4-6-12-36(32)48(38)37-13-7-5-11-33(37)45-39(48)22-23-42-47(45)46-34(24-28(2)25-43(46)52-42)30-18-16-29(27-49)17-19-30/h4-26H,3H2,1-2H3. The summed E-state index contributed by atoms with van der Waals surface area (Å²) in [5.74, 6) is 1.07. The molecule has 0 N–H and O–H groups in total. The number of aromatic nitrogens is 2. The molecule has 1 spiro atoms. The first-order valence-electron chi connectivity index (χ1n) is 17.9. The average Bonchev–Trinajstić information content (AvgIpc) is 3.92. The molecule has 1 atom stereocenters. The van der Waals surface area contributed by atoms with Gasteiger partial charge < -0.3 is 0 Å². The zero-order valence-corrected chi connectivity index (χ0v) is 29.6. The molecular weight excluding hydrogens is 651 g/mol. The summed E-state index contributed by atoms with van der Waals surface area (Å²) in [6, 6.07) is 53.5. The summed E-state index contributed by atoms with van der Waals surface area (Å²) >= 11 is 1.88. The second-order valence-electron chi connectivity index (χ2n) is 14.1. The van der Waals surface area contributed by atoms with E-state index in [4.69, 9.17) is 4.98 Å². The van der Waals surface area contributed by atoms with Crippen LogP contribution in [0.4, 0.5) is 0 Å². The average molecular weight is 682 g/mol. The molecule has 2 heterocycles. The van der Waals surface area contributed by atoms with Gasteiger partial charge in [0.05, 0.1) is 28.1 Å². The number of benzene rings is 7. The fourth-order valence-corrected chi connectivity index (χ4v) is 10.7. The van der Waals surface area contributed by atoms with Gasteiger partial charge in [0.1, 0.15) is 5.82 Å². The molecular formula is C48H31N3S. The maximum Gasteiger partial charge on any atom is 0.114 e. The number of rotatable bonds is 3. The number of aryl methyl sites for hydroxylation is 2. The van der Waals surface area contributed by atoms with Crippen molar-refractivity contribution in [1.29, 1.82) is 5.26 Å². The molecule has 2 aliphatic carbocycles. The fraction of sp³-hybridized carbons (Fsp3) is 0.0833. The molecule has 3 nitrogen and oxygen atoms in total. The number of para-hydroxylation sites is 2. The molecule has 0 amide bonds. The second kappa shape index (κ2) is 10.6. The van der Waals surface area contributed by atoms with Crippen molar-refractivity contribution in [3.8, 4) is 45.1 Å². The summed E-state index contributed by atoms with van der Waals surface area (Å²) in [5.41, 5.74) is 17.6. The molecule has 9 aromatic rings. The molecule has 0 aliphatic heterocycles. The van der Waals surface area contributed by atoms with Crippen molar-refractivity contribution < 1.29 is 0 Å². The third-order valence-electron chi connectivity index (χ3n) is 11.4. The van der Waals surface area contributed by atoms with Crippen LogP contribution < -0.4 is 0 Å². The van der Waals surface area contributed by atoms with Crippen molar-refractivity contribution >= 4 is 42.5 Å². The molecule has 11 rings (SSSR count). The van der Waals surface area contributed by atoms with Crippen LogP contribution in [0.3, 0.4) is 0 Å². The lowest BCUT2D eigenvalue weighted by Gasteiger charge is -2.30. The minimum atomic E-state index is -0.456. The highest BCUT2D eigenvalue weighted by Crippen LogP contribution is 2.65. The lowest BCUT2D eigenvalue weighted by molar-refractivity contribution is 0.793. The number of hydrogen-bond donors (Lipinski definition) is 0. The van der Waals surface area contributed by atoms with Crippen molar-refractivity contribution in [2.45, 2.75) is 25.7 Å². The highest BCUT2D eigenvalue weighted by atomic mass is 32.1. The van der Waals surface area contributed by atoms with Crippen molar-refractivity contribution in [2.24, 2.45) is 0 Å². The lowest BCUT2D eigenvalue weighted by atomic mass is 9.70. The number of fused-ring (bicyclic) bond motifs is 15. The Morgan fingerprint density at radius 3 is 2.17 bits per heavy atom. The zero-order valence-electron chi connectivity index (χ0n) is 28.7. The van der Waals surface area contributed by atoms with Gasteiger partial charge in [-0.05, 0) is 117 Å². The quantitative estimate of drug-likeness (QED) is 0.186.